The molecule has 0 fully saturated rings. The molecule has 0 aliphatic carbocycles. The van der Waals surface area contributed by atoms with E-state index in [0.29, 0.717) is 18.1 Å². The van der Waals surface area contributed by atoms with Gasteiger partial charge in [-0.05, 0) is 33.4 Å². The van der Waals surface area contributed by atoms with Gasteiger partial charge in [0.2, 0.25) is 0 Å². The van der Waals surface area contributed by atoms with Gasteiger partial charge in [0.15, 0.2) is 11.5 Å². The maximum Gasteiger partial charge on any atom is 0.273 e. The van der Waals surface area contributed by atoms with Crippen LogP contribution in [0.5, 0.6) is 11.5 Å². The summed E-state index contributed by atoms with van der Waals surface area (Å²) in [6.45, 7) is 0.381. The van der Waals surface area contributed by atoms with E-state index >= 15 is 0 Å². The van der Waals surface area contributed by atoms with E-state index in [1.54, 1.807) is 17.4 Å². The molecule has 19 heavy (non-hydrogen) atoms. The van der Waals surface area contributed by atoms with Crippen LogP contribution in [0, 0.1) is 10.1 Å². The Hall–Kier alpha value is -1.60. The quantitative estimate of drug-likeness (QED) is 0.607. The second kappa shape index (κ2) is 6.03. The molecule has 0 saturated heterocycles. The van der Waals surface area contributed by atoms with E-state index < -0.39 is 4.92 Å². The molecule has 0 aliphatic heterocycles. The largest absolute Gasteiger partial charge is 0.493 e. The number of benzene rings is 1. The van der Waals surface area contributed by atoms with Crippen LogP contribution < -0.4 is 9.47 Å². The Kier molecular flexibility index (Phi) is 4.39. The number of nitro benzene ring substituents is 1. The lowest BCUT2D eigenvalue weighted by Gasteiger charge is -2.09. The lowest BCUT2D eigenvalue weighted by molar-refractivity contribution is -0.385. The van der Waals surface area contributed by atoms with Crippen molar-refractivity contribution in [2.24, 2.45) is 0 Å². The zero-order valence-electron chi connectivity index (χ0n) is 9.96. The van der Waals surface area contributed by atoms with Crippen molar-refractivity contribution < 1.29 is 14.4 Å². The molecule has 2 rings (SSSR count). The summed E-state index contributed by atoms with van der Waals surface area (Å²) >= 11 is 4.99. The smallest absolute Gasteiger partial charge is 0.273 e. The summed E-state index contributed by atoms with van der Waals surface area (Å²) < 4.78 is 11.7. The van der Waals surface area contributed by atoms with Crippen LogP contribution in [-0.2, 0) is 6.61 Å². The van der Waals surface area contributed by atoms with Gasteiger partial charge in [-0.1, -0.05) is 0 Å². The molecular weight excluding hydrogens is 334 g/mol. The molecule has 0 saturated carbocycles. The average Bonchev–Trinajstić information content (AvgIpc) is 2.81. The fourth-order valence-electron chi connectivity index (χ4n) is 1.46. The van der Waals surface area contributed by atoms with Crippen molar-refractivity contribution >= 4 is 33.0 Å². The Bertz CT molecular complexity index is 599. The highest BCUT2D eigenvalue weighted by Crippen LogP contribution is 2.32. The molecule has 0 atom stereocenters. The fourth-order valence-corrected chi connectivity index (χ4v) is 2.84. The number of rotatable bonds is 5. The minimum Gasteiger partial charge on any atom is -0.493 e. The third kappa shape index (κ3) is 3.24. The fraction of sp³-hybridized carbons (Fsp3) is 0.167. The van der Waals surface area contributed by atoms with Crippen molar-refractivity contribution in [3.8, 4) is 11.5 Å². The van der Waals surface area contributed by atoms with Crippen LogP contribution in [-0.4, -0.2) is 12.0 Å². The molecule has 5 nitrogen and oxygen atoms in total. The van der Waals surface area contributed by atoms with Crippen LogP contribution in [0.1, 0.15) is 4.88 Å². The maximum atomic E-state index is 10.7. The Labute approximate surface area is 122 Å². The molecular formula is C12H10BrNO4S. The van der Waals surface area contributed by atoms with Gasteiger partial charge < -0.3 is 9.47 Å². The van der Waals surface area contributed by atoms with Crippen molar-refractivity contribution in [2.45, 2.75) is 6.61 Å². The number of methoxy groups -OCH3 is 1. The summed E-state index contributed by atoms with van der Waals surface area (Å²) in [4.78, 5) is 11.2. The van der Waals surface area contributed by atoms with Crippen molar-refractivity contribution in [3.63, 3.8) is 0 Å². The van der Waals surface area contributed by atoms with Crippen LogP contribution in [0.4, 0.5) is 5.69 Å². The van der Waals surface area contributed by atoms with Gasteiger partial charge in [0.05, 0.1) is 23.0 Å². The molecule has 1 aromatic carbocycles. The highest BCUT2D eigenvalue weighted by molar-refractivity contribution is 9.10. The summed E-state index contributed by atoms with van der Waals surface area (Å²) in [5, 5.41) is 12.6. The van der Waals surface area contributed by atoms with Crippen LogP contribution in [0.2, 0.25) is 0 Å². The molecule has 1 aromatic heterocycles. The molecule has 100 valence electrons. The van der Waals surface area contributed by atoms with Crippen molar-refractivity contribution in [1.29, 1.82) is 0 Å². The van der Waals surface area contributed by atoms with Crippen LogP contribution in [0.3, 0.4) is 0 Å². The zero-order valence-corrected chi connectivity index (χ0v) is 12.4. The first kappa shape index (κ1) is 13.8. The molecule has 0 amide bonds. The Balaban J connectivity index is 2.16. The Morgan fingerprint density at radius 2 is 2.16 bits per heavy atom. The third-order valence-corrected chi connectivity index (χ3v) is 4.31. The topological polar surface area (TPSA) is 61.6 Å². The Morgan fingerprint density at radius 1 is 1.37 bits per heavy atom. The highest BCUT2D eigenvalue weighted by Gasteiger charge is 2.13. The predicted molar refractivity (Wildman–Crippen MR) is 76.0 cm³/mol. The predicted octanol–water partition coefficient (Wildman–Crippen LogP) is 4.01. The number of hydrogen-bond donors (Lipinski definition) is 0. The van der Waals surface area contributed by atoms with Crippen molar-refractivity contribution in [1.82, 2.24) is 0 Å². The molecule has 2 aromatic rings. The second-order valence-electron chi connectivity index (χ2n) is 3.57. The lowest BCUT2D eigenvalue weighted by atomic mass is 10.3. The summed E-state index contributed by atoms with van der Waals surface area (Å²) in [6, 6.07) is 6.22. The van der Waals surface area contributed by atoms with E-state index in [1.807, 2.05) is 11.4 Å². The minimum atomic E-state index is -0.470. The van der Waals surface area contributed by atoms with Gasteiger partial charge in [0.1, 0.15) is 6.61 Å². The van der Waals surface area contributed by atoms with Gasteiger partial charge >= 0.3 is 0 Å². The highest BCUT2D eigenvalue weighted by atomic mass is 79.9. The Morgan fingerprint density at radius 3 is 2.74 bits per heavy atom. The summed E-state index contributed by atoms with van der Waals surface area (Å²) in [6.07, 6.45) is 0. The van der Waals surface area contributed by atoms with Crippen LogP contribution in [0.25, 0.3) is 0 Å². The first-order chi connectivity index (χ1) is 9.11. The number of halogens is 1. The van der Waals surface area contributed by atoms with Gasteiger partial charge in [0, 0.05) is 10.5 Å². The van der Waals surface area contributed by atoms with Gasteiger partial charge in [-0.25, -0.2) is 0 Å². The second-order valence-corrected chi connectivity index (χ2v) is 5.43. The maximum absolute atomic E-state index is 10.7. The first-order valence-electron chi connectivity index (χ1n) is 5.29. The number of nitrogens with zero attached hydrogens (tertiary/aromatic N) is 1. The SMILES string of the molecule is COc1cc([N+](=O)[O-])ccc1OCc1sccc1Br. The molecule has 0 unspecified atom stereocenters. The normalized spacial score (nSPS) is 10.2. The number of non-ortho nitro benzene ring substituents is 1. The molecule has 0 bridgehead atoms. The average molecular weight is 344 g/mol. The van der Waals surface area contributed by atoms with Gasteiger partial charge in [0.25, 0.3) is 5.69 Å². The van der Waals surface area contributed by atoms with Crippen molar-refractivity contribution in [2.75, 3.05) is 7.11 Å². The zero-order chi connectivity index (χ0) is 13.8. The van der Waals surface area contributed by atoms with Gasteiger partial charge in [-0.3, -0.25) is 10.1 Å². The van der Waals surface area contributed by atoms with E-state index in [1.165, 1.54) is 19.2 Å². The monoisotopic (exact) mass is 343 g/mol. The van der Waals surface area contributed by atoms with E-state index in [2.05, 4.69) is 15.9 Å². The summed E-state index contributed by atoms with van der Waals surface area (Å²) in [7, 11) is 1.45. The van der Waals surface area contributed by atoms with Crippen LogP contribution >= 0.6 is 27.3 Å². The van der Waals surface area contributed by atoms with E-state index in [9.17, 15) is 10.1 Å². The van der Waals surface area contributed by atoms with Crippen LogP contribution in [0.15, 0.2) is 34.1 Å². The molecule has 1 heterocycles. The number of hydrogen-bond acceptors (Lipinski definition) is 5. The van der Waals surface area contributed by atoms with E-state index in [4.69, 9.17) is 9.47 Å². The number of ether oxygens (including phenoxy) is 2. The summed E-state index contributed by atoms with van der Waals surface area (Å²) in [5.74, 6) is 0.829. The standard InChI is InChI=1S/C12H10BrNO4S/c1-17-11-6-8(14(15)16)2-3-10(11)18-7-12-9(13)4-5-19-12/h2-6H,7H2,1H3. The van der Waals surface area contributed by atoms with E-state index in [0.717, 1.165) is 9.35 Å². The van der Waals surface area contributed by atoms with Crippen molar-refractivity contribution in [3.05, 3.63) is 49.1 Å². The summed E-state index contributed by atoms with van der Waals surface area (Å²) in [5.41, 5.74) is -0.0264. The third-order valence-electron chi connectivity index (χ3n) is 2.41. The molecule has 0 N–H and O–H groups in total. The lowest BCUT2D eigenvalue weighted by Crippen LogP contribution is -1.97. The minimum absolute atomic E-state index is 0.0264. The number of nitro groups is 1. The van der Waals surface area contributed by atoms with Gasteiger partial charge in [-0.2, -0.15) is 0 Å². The molecule has 0 radical (unpaired) electrons. The number of thiophene rings is 1. The molecule has 7 heteroatoms. The van der Waals surface area contributed by atoms with Gasteiger partial charge in [-0.15, -0.1) is 11.3 Å². The van der Waals surface area contributed by atoms with E-state index in [-0.39, 0.29) is 5.69 Å². The first-order valence-corrected chi connectivity index (χ1v) is 6.96. The molecule has 0 spiro atoms. The molecule has 0 aliphatic rings.